The number of hydrogen-bond acceptors (Lipinski definition) is 4. The Morgan fingerprint density at radius 1 is 1.59 bits per heavy atom. The van der Waals surface area contributed by atoms with E-state index in [4.69, 9.17) is 5.73 Å². The molecule has 6 heteroatoms. The average Bonchev–Trinajstić information content (AvgIpc) is 2.94. The van der Waals surface area contributed by atoms with Crippen LogP contribution in [0.1, 0.15) is 13.3 Å². The molecule has 2 unspecified atom stereocenters. The Bertz CT molecular complexity index is 515. The van der Waals surface area contributed by atoms with Crippen LogP contribution in [0, 0.1) is 11.8 Å². The quantitative estimate of drug-likeness (QED) is 0.868. The van der Waals surface area contributed by atoms with Gasteiger partial charge in [0.05, 0.1) is 5.69 Å². The molecule has 0 spiro atoms. The van der Waals surface area contributed by atoms with Crippen LogP contribution in [0.25, 0.3) is 0 Å². The van der Waals surface area contributed by atoms with Crippen molar-refractivity contribution in [2.24, 2.45) is 11.8 Å². The molecule has 0 aliphatic heterocycles. The fourth-order valence-corrected chi connectivity index (χ4v) is 3.14. The predicted molar refractivity (Wildman–Crippen MR) is 65.7 cm³/mol. The first-order valence-electron chi connectivity index (χ1n) is 5.58. The molecule has 5 nitrogen and oxygen atoms in total. The maximum Gasteiger partial charge on any atom is 0.246 e. The molecule has 1 aromatic heterocycles. The first-order valence-corrected chi connectivity index (χ1v) is 7.02. The first kappa shape index (κ1) is 12.3. The van der Waals surface area contributed by atoms with E-state index in [0.29, 0.717) is 18.4 Å². The molecule has 17 heavy (non-hydrogen) atoms. The zero-order valence-corrected chi connectivity index (χ0v) is 10.8. The molecule has 0 radical (unpaired) electrons. The Hall–Kier alpha value is -1.14. The summed E-state index contributed by atoms with van der Waals surface area (Å²) in [5, 5.41) is 0. The highest BCUT2D eigenvalue weighted by Gasteiger charge is 2.36. The van der Waals surface area contributed by atoms with Crippen LogP contribution >= 0.6 is 0 Å². The Balaban J connectivity index is 2.21. The average molecular weight is 255 g/mol. The zero-order valence-electron chi connectivity index (χ0n) is 10.00. The van der Waals surface area contributed by atoms with Gasteiger partial charge in [0.1, 0.15) is 4.90 Å². The Morgan fingerprint density at radius 3 is 2.76 bits per heavy atom. The van der Waals surface area contributed by atoms with Gasteiger partial charge in [0.25, 0.3) is 0 Å². The third-order valence-corrected chi connectivity index (χ3v) is 5.14. The number of nitrogen functional groups attached to an aromatic ring is 1. The zero-order chi connectivity index (χ0) is 12.6. The van der Waals surface area contributed by atoms with Crippen molar-refractivity contribution in [3.05, 3.63) is 18.5 Å². The number of rotatable bonds is 4. The van der Waals surface area contributed by atoms with Crippen molar-refractivity contribution in [2.45, 2.75) is 18.2 Å². The number of nitrogens with zero attached hydrogens (tertiary/aromatic N) is 2. The summed E-state index contributed by atoms with van der Waals surface area (Å²) < 4.78 is 25.8. The Labute approximate surface area is 102 Å². The van der Waals surface area contributed by atoms with Gasteiger partial charge in [0.15, 0.2) is 0 Å². The molecule has 0 saturated heterocycles. The number of aromatic nitrogens is 1. The molecule has 0 amide bonds. The summed E-state index contributed by atoms with van der Waals surface area (Å²) in [6, 6.07) is 1.50. The minimum absolute atomic E-state index is 0.0933. The third-order valence-electron chi connectivity index (χ3n) is 3.27. The van der Waals surface area contributed by atoms with Gasteiger partial charge < -0.3 is 5.73 Å². The van der Waals surface area contributed by atoms with E-state index in [0.717, 1.165) is 6.42 Å². The molecule has 1 fully saturated rings. The third kappa shape index (κ3) is 2.42. The number of sulfonamides is 1. The van der Waals surface area contributed by atoms with Crippen molar-refractivity contribution >= 4 is 15.7 Å². The molecule has 2 rings (SSSR count). The summed E-state index contributed by atoms with van der Waals surface area (Å²) in [6.07, 6.45) is 3.89. The van der Waals surface area contributed by atoms with E-state index in [9.17, 15) is 8.42 Å². The van der Waals surface area contributed by atoms with Crippen LogP contribution in [-0.2, 0) is 10.0 Å². The SMILES string of the molecule is CC1CC1CN(C)S(=O)(=O)c1cnccc1N. The van der Waals surface area contributed by atoms with Gasteiger partial charge in [-0.1, -0.05) is 6.92 Å². The molecule has 2 N–H and O–H groups in total. The molecule has 1 aliphatic carbocycles. The van der Waals surface area contributed by atoms with Crippen LogP contribution in [-0.4, -0.2) is 31.3 Å². The minimum atomic E-state index is -3.50. The summed E-state index contributed by atoms with van der Waals surface area (Å²) in [7, 11) is -1.91. The lowest BCUT2D eigenvalue weighted by Gasteiger charge is -2.17. The van der Waals surface area contributed by atoms with E-state index in [2.05, 4.69) is 11.9 Å². The summed E-state index contributed by atoms with van der Waals surface area (Å²) in [5.41, 5.74) is 5.92. The van der Waals surface area contributed by atoms with Crippen LogP contribution in [0.2, 0.25) is 0 Å². The smallest absolute Gasteiger partial charge is 0.246 e. The van der Waals surface area contributed by atoms with Crippen LogP contribution < -0.4 is 5.73 Å². The molecule has 0 bridgehead atoms. The number of anilines is 1. The van der Waals surface area contributed by atoms with Gasteiger partial charge in [-0.15, -0.1) is 0 Å². The maximum absolute atomic E-state index is 12.2. The van der Waals surface area contributed by atoms with Crippen LogP contribution in [0.3, 0.4) is 0 Å². The molecular weight excluding hydrogens is 238 g/mol. The molecule has 2 atom stereocenters. The fourth-order valence-electron chi connectivity index (χ4n) is 1.86. The van der Waals surface area contributed by atoms with Gasteiger partial charge in [-0.25, -0.2) is 12.7 Å². The van der Waals surface area contributed by atoms with Crippen molar-refractivity contribution in [2.75, 3.05) is 19.3 Å². The van der Waals surface area contributed by atoms with E-state index in [1.807, 2.05) is 0 Å². The Kier molecular flexibility index (Phi) is 3.09. The van der Waals surface area contributed by atoms with Crippen LogP contribution in [0.15, 0.2) is 23.4 Å². The second-order valence-corrected chi connectivity index (χ2v) is 6.69. The second kappa shape index (κ2) is 4.27. The number of hydrogen-bond donors (Lipinski definition) is 1. The van der Waals surface area contributed by atoms with Gasteiger partial charge in [-0.3, -0.25) is 4.98 Å². The number of nitrogens with two attached hydrogens (primary N) is 1. The first-order chi connectivity index (χ1) is 7.93. The van der Waals surface area contributed by atoms with E-state index in [1.54, 1.807) is 7.05 Å². The molecule has 0 aromatic carbocycles. The van der Waals surface area contributed by atoms with Crippen LogP contribution in [0.5, 0.6) is 0 Å². The fraction of sp³-hybridized carbons (Fsp3) is 0.545. The van der Waals surface area contributed by atoms with Crippen molar-refractivity contribution in [3.8, 4) is 0 Å². The van der Waals surface area contributed by atoms with Gasteiger partial charge in [-0.05, 0) is 24.3 Å². The molecule has 1 saturated carbocycles. The molecule has 94 valence electrons. The summed E-state index contributed by atoms with van der Waals surface area (Å²) >= 11 is 0. The highest BCUT2D eigenvalue weighted by Crippen LogP contribution is 2.38. The predicted octanol–water partition coefficient (Wildman–Crippen LogP) is 0.940. The summed E-state index contributed by atoms with van der Waals surface area (Å²) in [5.74, 6) is 1.10. The molecule has 1 aliphatic rings. The van der Waals surface area contributed by atoms with Crippen molar-refractivity contribution < 1.29 is 8.42 Å². The maximum atomic E-state index is 12.2. The van der Waals surface area contributed by atoms with Crippen molar-refractivity contribution in [1.82, 2.24) is 9.29 Å². The molecule has 1 aromatic rings. The van der Waals surface area contributed by atoms with E-state index in [-0.39, 0.29) is 10.6 Å². The molecule has 1 heterocycles. The lowest BCUT2D eigenvalue weighted by Crippen LogP contribution is -2.29. The van der Waals surface area contributed by atoms with Crippen LogP contribution in [0.4, 0.5) is 5.69 Å². The minimum Gasteiger partial charge on any atom is -0.398 e. The monoisotopic (exact) mass is 255 g/mol. The number of pyridine rings is 1. The Morgan fingerprint density at radius 2 is 2.24 bits per heavy atom. The topological polar surface area (TPSA) is 76.3 Å². The highest BCUT2D eigenvalue weighted by molar-refractivity contribution is 7.89. The van der Waals surface area contributed by atoms with Gasteiger partial charge >= 0.3 is 0 Å². The van der Waals surface area contributed by atoms with E-state index in [1.165, 1.54) is 22.8 Å². The molecular formula is C11H17N3O2S. The largest absolute Gasteiger partial charge is 0.398 e. The van der Waals surface area contributed by atoms with Gasteiger partial charge in [0, 0.05) is 26.0 Å². The highest BCUT2D eigenvalue weighted by atomic mass is 32.2. The normalized spacial score (nSPS) is 23.9. The summed E-state index contributed by atoms with van der Waals surface area (Å²) in [6.45, 7) is 2.68. The van der Waals surface area contributed by atoms with Gasteiger partial charge in [-0.2, -0.15) is 0 Å². The van der Waals surface area contributed by atoms with Gasteiger partial charge in [0.2, 0.25) is 10.0 Å². The second-order valence-electron chi connectivity index (χ2n) is 4.67. The standard InChI is InChI=1S/C11H17N3O2S/c1-8-5-9(8)7-14(2)17(15,16)11-6-13-4-3-10(11)12/h3-4,6,8-9H,5,7H2,1-2H3,(H2,12,13). The lowest BCUT2D eigenvalue weighted by molar-refractivity contribution is 0.445. The summed E-state index contributed by atoms with van der Waals surface area (Å²) in [4.78, 5) is 3.91. The van der Waals surface area contributed by atoms with Crippen molar-refractivity contribution in [3.63, 3.8) is 0 Å². The lowest BCUT2D eigenvalue weighted by atomic mass is 10.3. The van der Waals surface area contributed by atoms with E-state index < -0.39 is 10.0 Å². The van der Waals surface area contributed by atoms with E-state index >= 15 is 0 Å². The van der Waals surface area contributed by atoms with Crippen molar-refractivity contribution in [1.29, 1.82) is 0 Å².